The fraction of sp³-hybridized carbons (Fsp3) is 0.500. The number of carboxylic acid groups (broad SMARTS) is 2. The third-order valence-electron chi connectivity index (χ3n) is 8.60. The summed E-state index contributed by atoms with van der Waals surface area (Å²) in [4.78, 5) is 38.8. The van der Waals surface area contributed by atoms with Crippen molar-refractivity contribution in [3.05, 3.63) is 48.6 Å². The van der Waals surface area contributed by atoms with Crippen LogP contribution in [0.25, 0.3) is 22.3 Å². The van der Waals surface area contributed by atoms with E-state index in [4.69, 9.17) is 24.5 Å². The number of likely N-dealkylation sites (tertiary alicyclic amines) is 1. The molecule has 0 aromatic carbocycles. The third kappa shape index (κ3) is 10.6. The summed E-state index contributed by atoms with van der Waals surface area (Å²) in [5.41, 5.74) is -0.571. The van der Waals surface area contributed by atoms with E-state index in [2.05, 4.69) is 41.0 Å². The molecule has 24 heteroatoms. The summed E-state index contributed by atoms with van der Waals surface area (Å²) in [6.07, 6.45) is -5.28. The zero-order valence-corrected chi connectivity index (χ0v) is 29.0. The summed E-state index contributed by atoms with van der Waals surface area (Å²) in [6, 6.07) is 5.62. The molecule has 3 N–H and O–H groups in total. The van der Waals surface area contributed by atoms with Crippen LogP contribution in [-0.4, -0.2) is 99.3 Å². The van der Waals surface area contributed by atoms with Crippen molar-refractivity contribution in [3.8, 4) is 23.2 Å². The average Bonchev–Trinajstić information content (AvgIpc) is 3.76. The van der Waals surface area contributed by atoms with Crippen molar-refractivity contribution in [1.82, 2.24) is 39.6 Å². The Labute approximate surface area is 309 Å². The van der Waals surface area contributed by atoms with Crippen molar-refractivity contribution in [2.24, 2.45) is 0 Å². The monoisotopic (exact) mass is 811 g/mol. The predicted molar refractivity (Wildman–Crippen MR) is 170 cm³/mol. The number of aromatic nitrogens is 7. The summed E-state index contributed by atoms with van der Waals surface area (Å²) in [7, 11) is 0. The molecule has 2 fully saturated rings. The summed E-state index contributed by atoms with van der Waals surface area (Å²) < 4.78 is 126. The van der Waals surface area contributed by atoms with Gasteiger partial charge in [-0.3, -0.25) is 9.58 Å². The second-order valence-electron chi connectivity index (χ2n) is 13.1. The molecule has 1 saturated heterocycles. The molecule has 0 amide bonds. The molecular weight excluding hydrogens is 780 g/mol. The van der Waals surface area contributed by atoms with E-state index in [9.17, 15) is 49.2 Å². The molecule has 0 radical (unpaired) electrons. The number of fused-ring (bicyclic) bond motifs is 1. The van der Waals surface area contributed by atoms with Crippen LogP contribution in [0.2, 0.25) is 0 Å². The first kappa shape index (κ1) is 43.1. The molecule has 1 aliphatic carbocycles. The standard InChI is InChI=1S/C28H29F4N9O.2C2HF3O2/c1-26(2,29)21-11-22(39-25(38-21)28(30,31)32)42-19-5-3-18(4-6-19)40-14-27(15-40,8-9-33)41-13-17(12-37-41)23-20-7-10-34-24(20)36-16-35-23;2*3-2(4,5)1(6)7/h7,10-13,16,18-19H,3-6,8,14-15H2,1-2H3,(H,34,35,36);2*(H,6,7)/t18-,19+;;. The topological polar surface area (TPSA) is 196 Å². The normalized spacial score (nSPS) is 18.7. The fourth-order valence-corrected chi connectivity index (χ4v) is 5.88. The lowest BCUT2D eigenvalue weighted by atomic mass is 9.82. The number of carbonyl (C=O) groups is 2. The van der Waals surface area contributed by atoms with Gasteiger partial charge in [-0.25, -0.2) is 28.9 Å². The Balaban J connectivity index is 0.000000425. The first-order valence-corrected chi connectivity index (χ1v) is 16.2. The number of hydrogen-bond acceptors (Lipinski definition) is 10. The van der Waals surface area contributed by atoms with Crippen molar-refractivity contribution in [3.63, 3.8) is 0 Å². The number of nitrogens with one attached hydrogen (secondary N) is 1. The highest BCUT2D eigenvalue weighted by Crippen LogP contribution is 2.39. The SMILES string of the molecule is CC(C)(F)c1cc(O[C@H]2CC[C@@H](N3CC(CC#N)(n4cc(-c5ncnc6[nH]ccc56)cn4)C3)CC2)nc(C(F)(F)F)n1.O=C(O)C(F)(F)F.O=C(O)C(F)(F)F. The molecule has 0 spiro atoms. The van der Waals surface area contributed by atoms with Crippen LogP contribution in [0.4, 0.5) is 43.9 Å². The Morgan fingerprint density at radius 2 is 1.55 bits per heavy atom. The zero-order valence-electron chi connectivity index (χ0n) is 29.0. The van der Waals surface area contributed by atoms with Crippen LogP contribution >= 0.6 is 0 Å². The van der Waals surface area contributed by atoms with Crippen LogP contribution in [0.3, 0.4) is 0 Å². The Kier molecular flexibility index (Phi) is 12.5. The lowest BCUT2D eigenvalue weighted by Gasteiger charge is -2.53. The van der Waals surface area contributed by atoms with Crippen LogP contribution in [-0.2, 0) is 27.0 Å². The van der Waals surface area contributed by atoms with Gasteiger partial charge in [0.15, 0.2) is 0 Å². The van der Waals surface area contributed by atoms with Crippen molar-refractivity contribution in [1.29, 1.82) is 5.26 Å². The van der Waals surface area contributed by atoms with Crippen molar-refractivity contribution >= 4 is 23.0 Å². The van der Waals surface area contributed by atoms with Crippen LogP contribution in [0.1, 0.15) is 57.5 Å². The highest BCUT2D eigenvalue weighted by atomic mass is 19.4. The zero-order chi connectivity index (χ0) is 41.9. The highest BCUT2D eigenvalue weighted by molar-refractivity contribution is 5.90. The lowest BCUT2D eigenvalue weighted by Crippen LogP contribution is -2.65. The molecule has 1 aliphatic heterocycles. The quantitative estimate of drug-likeness (QED) is 0.174. The van der Waals surface area contributed by atoms with E-state index in [1.54, 1.807) is 6.20 Å². The summed E-state index contributed by atoms with van der Waals surface area (Å²) in [5, 5.41) is 29.4. The van der Waals surface area contributed by atoms with Gasteiger partial charge in [-0.15, -0.1) is 0 Å². The van der Waals surface area contributed by atoms with Gasteiger partial charge < -0.3 is 19.9 Å². The van der Waals surface area contributed by atoms with Gasteiger partial charge in [0.1, 0.15) is 29.3 Å². The van der Waals surface area contributed by atoms with Crippen molar-refractivity contribution < 1.29 is 68.4 Å². The second kappa shape index (κ2) is 16.2. The maximum absolute atomic E-state index is 14.5. The minimum Gasteiger partial charge on any atom is -0.475 e. The van der Waals surface area contributed by atoms with E-state index >= 15 is 0 Å². The number of nitrogens with zero attached hydrogens (tertiary/aromatic N) is 8. The smallest absolute Gasteiger partial charge is 0.475 e. The van der Waals surface area contributed by atoms with Gasteiger partial charge in [-0.1, -0.05) is 0 Å². The van der Waals surface area contributed by atoms with E-state index in [1.165, 1.54) is 6.33 Å². The van der Waals surface area contributed by atoms with Gasteiger partial charge in [0, 0.05) is 48.5 Å². The van der Waals surface area contributed by atoms with Crippen LogP contribution in [0, 0.1) is 11.3 Å². The van der Waals surface area contributed by atoms with Crippen molar-refractivity contribution in [2.45, 2.75) is 87.8 Å². The maximum atomic E-state index is 14.5. The molecule has 304 valence electrons. The average molecular weight is 812 g/mol. The molecule has 0 bridgehead atoms. The molecular formula is C32H31F10N9O5. The molecule has 5 heterocycles. The van der Waals surface area contributed by atoms with Gasteiger partial charge in [-0.2, -0.15) is 54.9 Å². The molecule has 6 rings (SSSR count). The lowest BCUT2D eigenvalue weighted by molar-refractivity contribution is -0.193. The van der Waals surface area contributed by atoms with E-state index in [-0.39, 0.29) is 23.7 Å². The number of aromatic amines is 1. The Morgan fingerprint density at radius 3 is 2.07 bits per heavy atom. The maximum Gasteiger partial charge on any atom is 0.490 e. The fourth-order valence-electron chi connectivity index (χ4n) is 5.88. The summed E-state index contributed by atoms with van der Waals surface area (Å²) in [6.45, 7) is 3.59. The van der Waals surface area contributed by atoms with Crippen molar-refractivity contribution in [2.75, 3.05) is 13.1 Å². The molecule has 2 aliphatic rings. The number of aliphatic carboxylic acids is 2. The van der Waals surface area contributed by atoms with E-state index in [0.29, 0.717) is 32.4 Å². The highest BCUT2D eigenvalue weighted by Gasteiger charge is 2.48. The second-order valence-corrected chi connectivity index (χ2v) is 13.1. The largest absolute Gasteiger partial charge is 0.490 e. The third-order valence-corrected chi connectivity index (χ3v) is 8.60. The number of H-pyrrole nitrogens is 1. The first-order valence-electron chi connectivity index (χ1n) is 16.2. The molecule has 4 aromatic heterocycles. The van der Waals surface area contributed by atoms with Gasteiger partial charge in [0.05, 0.1) is 30.1 Å². The minimum atomic E-state index is -5.08. The van der Waals surface area contributed by atoms with E-state index in [0.717, 1.165) is 55.0 Å². The number of nitriles is 1. The first-order chi connectivity index (χ1) is 25.8. The Morgan fingerprint density at radius 1 is 0.964 bits per heavy atom. The number of alkyl halides is 10. The Hall–Kier alpha value is -5.60. The van der Waals surface area contributed by atoms with Gasteiger partial charge >= 0.3 is 30.5 Å². The van der Waals surface area contributed by atoms with Crippen LogP contribution in [0.5, 0.6) is 5.88 Å². The minimum absolute atomic E-state index is 0.240. The van der Waals surface area contributed by atoms with E-state index < -0.39 is 47.5 Å². The molecule has 4 aromatic rings. The molecule has 0 atom stereocenters. The Bertz CT molecular complexity index is 1980. The van der Waals surface area contributed by atoms with Gasteiger partial charge in [-0.05, 0) is 45.6 Å². The number of hydrogen-bond donors (Lipinski definition) is 3. The molecule has 1 saturated carbocycles. The predicted octanol–water partition coefficient (Wildman–Crippen LogP) is 6.42. The molecule has 56 heavy (non-hydrogen) atoms. The summed E-state index contributed by atoms with van der Waals surface area (Å²) in [5.74, 6) is -7.20. The van der Waals surface area contributed by atoms with Gasteiger partial charge in [0.25, 0.3) is 0 Å². The number of rotatable bonds is 7. The van der Waals surface area contributed by atoms with Gasteiger partial charge in [0.2, 0.25) is 11.7 Å². The number of ether oxygens (including phenoxy) is 1. The number of halogens is 10. The molecule has 14 nitrogen and oxygen atoms in total. The van der Waals surface area contributed by atoms with E-state index in [1.807, 2.05) is 23.1 Å². The molecule has 0 unspecified atom stereocenters. The van der Waals surface area contributed by atoms with Crippen LogP contribution < -0.4 is 4.74 Å². The summed E-state index contributed by atoms with van der Waals surface area (Å²) >= 11 is 0. The van der Waals surface area contributed by atoms with Crippen LogP contribution in [0.15, 0.2) is 37.1 Å². The number of carboxylic acids is 2.